The summed E-state index contributed by atoms with van der Waals surface area (Å²) in [5.74, 6) is -0.291. The van der Waals surface area contributed by atoms with E-state index < -0.39 is 5.97 Å². The van der Waals surface area contributed by atoms with Crippen molar-refractivity contribution in [3.8, 4) is 11.1 Å². The second-order valence-corrected chi connectivity index (χ2v) is 10.9. The smallest absolute Gasteiger partial charge is 0.312 e. The molecule has 2 aliphatic rings. The largest absolute Gasteiger partial charge is 0.365 e. The lowest BCUT2D eigenvalue weighted by atomic mass is 9.71. The Bertz CT molecular complexity index is 1330. The highest BCUT2D eigenvalue weighted by molar-refractivity contribution is 6.46. The number of nitrogens with zero attached hydrogens (tertiary/aromatic N) is 1. The van der Waals surface area contributed by atoms with Crippen LogP contribution in [0.15, 0.2) is 78.0 Å². The molecule has 2 aliphatic carbocycles. The first-order valence-corrected chi connectivity index (χ1v) is 14.2. The molecule has 3 aromatic carbocycles. The van der Waals surface area contributed by atoms with Crippen molar-refractivity contribution in [2.24, 2.45) is 11.1 Å². The Hall–Kier alpha value is -3.53. The summed E-state index contributed by atoms with van der Waals surface area (Å²) in [7, 11) is 0. The van der Waals surface area contributed by atoms with Gasteiger partial charge in [-0.3, -0.25) is 4.79 Å². The van der Waals surface area contributed by atoms with Crippen molar-refractivity contribution in [3.63, 3.8) is 0 Å². The molecule has 0 bridgehead atoms. The highest BCUT2D eigenvalue weighted by atomic mass is 16.7. The average molecular weight is 508 g/mol. The first-order chi connectivity index (χ1) is 18.6. The summed E-state index contributed by atoms with van der Waals surface area (Å²) in [6.45, 7) is 4.47. The topological polar surface area (TPSA) is 55.7 Å². The lowest BCUT2D eigenvalue weighted by molar-refractivity contribution is 0.0514. The molecule has 0 amide bonds. The summed E-state index contributed by atoms with van der Waals surface area (Å²) in [5, 5.41) is 4.20. The predicted molar refractivity (Wildman–Crippen MR) is 153 cm³/mol. The van der Waals surface area contributed by atoms with Gasteiger partial charge < -0.3 is 4.84 Å². The summed E-state index contributed by atoms with van der Waals surface area (Å²) in [6, 6.07) is 23.6. The molecule has 0 spiro atoms. The molecule has 0 unspecified atom stereocenters. The van der Waals surface area contributed by atoms with E-state index >= 15 is 0 Å². The summed E-state index contributed by atoms with van der Waals surface area (Å²) in [6.07, 6.45) is 9.25. The van der Waals surface area contributed by atoms with Crippen molar-refractivity contribution in [3.05, 3.63) is 95.1 Å². The number of carbonyl (C=O) groups is 2. The van der Waals surface area contributed by atoms with Crippen LogP contribution >= 0.6 is 0 Å². The van der Waals surface area contributed by atoms with Gasteiger partial charge in [0.05, 0.1) is 5.56 Å². The van der Waals surface area contributed by atoms with Crippen molar-refractivity contribution in [1.82, 2.24) is 0 Å². The Labute approximate surface area is 226 Å². The zero-order valence-corrected chi connectivity index (χ0v) is 22.5. The molecule has 196 valence electrons. The van der Waals surface area contributed by atoms with Crippen molar-refractivity contribution in [2.75, 3.05) is 0 Å². The fraction of sp³-hybridized carbons (Fsp3) is 0.382. The molecule has 0 heterocycles. The van der Waals surface area contributed by atoms with Gasteiger partial charge in [-0.2, -0.15) is 0 Å². The number of hydrogen-bond acceptors (Lipinski definition) is 4. The molecule has 0 radical (unpaired) electrons. The molecule has 38 heavy (non-hydrogen) atoms. The van der Waals surface area contributed by atoms with Gasteiger partial charge in [0.1, 0.15) is 5.71 Å². The van der Waals surface area contributed by atoms with Gasteiger partial charge in [0.15, 0.2) is 0 Å². The summed E-state index contributed by atoms with van der Waals surface area (Å²) in [5.41, 5.74) is 6.42. The van der Waals surface area contributed by atoms with E-state index in [1.807, 2.05) is 12.1 Å². The zero-order valence-electron chi connectivity index (χ0n) is 22.5. The Kier molecular flexibility index (Phi) is 7.87. The zero-order chi connectivity index (χ0) is 26.5. The molecule has 4 nitrogen and oxygen atoms in total. The van der Waals surface area contributed by atoms with Gasteiger partial charge in [0.25, 0.3) is 0 Å². The molecule has 0 N–H and O–H groups in total. The molecule has 3 aromatic rings. The quantitative estimate of drug-likeness (QED) is 0.120. The van der Waals surface area contributed by atoms with Crippen LogP contribution < -0.4 is 0 Å². The minimum absolute atomic E-state index is 0.0890. The Morgan fingerprint density at radius 2 is 1.47 bits per heavy atom. The first-order valence-electron chi connectivity index (χ1n) is 14.2. The Morgan fingerprint density at radius 1 is 0.816 bits per heavy atom. The van der Waals surface area contributed by atoms with Gasteiger partial charge >= 0.3 is 5.97 Å². The maximum atomic E-state index is 14.0. The molecular formula is C34H37NO3. The molecule has 1 saturated carbocycles. The second-order valence-electron chi connectivity index (χ2n) is 10.9. The summed E-state index contributed by atoms with van der Waals surface area (Å²) < 4.78 is 0. The number of oxime groups is 1. The van der Waals surface area contributed by atoms with Crippen LogP contribution in [0.4, 0.5) is 0 Å². The van der Waals surface area contributed by atoms with Crippen LogP contribution in [0.5, 0.6) is 0 Å². The number of benzene rings is 3. The van der Waals surface area contributed by atoms with Crippen LogP contribution in [-0.2, 0) is 10.3 Å². The van der Waals surface area contributed by atoms with Gasteiger partial charge in [-0.15, -0.1) is 0 Å². The third-order valence-corrected chi connectivity index (χ3v) is 8.35. The molecule has 4 heteroatoms. The van der Waals surface area contributed by atoms with E-state index in [1.54, 1.807) is 24.3 Å². The average Bonchev–Trinajstić information content (AvgIpc) is 3.56. The SMILES string of the molecule is CCCC1(CCC)c2ccccc2-c2ccc(C(=O)/C(CC3CCCC3)=N/OC(=O)c3ccccc3)cc21. The van der Waals surface area contributed by atoms with Gasteiger partial charge in [0, 0.05) is 11.0 Å². The Balaban J connectivity index is 1.51. The summed E-state index contributed by atoms with van der Waals surface area (Å²) >= 11 is 0. The van der Waals surface area contributed by atoms with Crippen molar-refractivity contribution in [1.29, 1.82) is 0 Å². The van der Waals surface area contributed by atoms with E-state index in [-0.39, 0.29) is 11.2 Å². The van der Waals surface area contributed by atoms with E-state index in [1.165, 1.54) is 35.1 Å². The van der Waals surface area contributed by atoms with Gasteiger partial charge in [-0.1, -0.05) is 112 Å². The van der Waals surface area contributed by atoms with Crippen LogP contribution in [0.1, 0.15) is 103 Å². The fourth-order valence-corrected chi connectivity index (χ4v) is 6.66. The molecule has 0 atom stereocenters. The van der Waals surface area contributed by atoms with Gasteiger partial charge in [-0.25, -0.2) is 4.79 Å². The third kappa shape index (κ3) is 4.97. The molecule has 5 rings (SSSR count). The van der Waals surface area contributed by atoms with E-state index in [9.17, 15) is 9.59 Å². The lowest BCUT2D eigenvalue weighted by Crippen LogP contribution is -2.26. The third-order valence-electron chi connectivity index (χ3n) is 8.35. The predicted octanol–water partition coefficient (Wildman–Crippen LogP) is 8.53. The van der Waals surface area contributed by atoms with Gasteiger partial charge in [0.2, 0.25) is 5.78 Å². The number of Topliss-reactive ketones (excluding diaryl/α,β-unsaturated/α-hetero) is 1. The monoisotopic (exact) mass is 507 g/mol. The molecule has 0 aliphatic heterocycles. The van der Waals surface area contributed by atoms with Crippen LogP contribution in [0, 0.1) is 5.92 Å². The number of hydrogen-bond donors (Lipinski definition) is 0. The van der Waals surface area contributed by atoms with Crippen molar-refractivity contribution in [2.45, 2.75) is 77.0 Å². The minimum Gasteiger partial charge on any atom is -0.312 e. The molecule has 1 fully saturated rings. The number of carbonyl (C=O) groups excluding carboxylic acids is 2. The molecule has 0 aromatic heterocycles. The number of ketones is 1. The maximum absolute atomic E-state index is 14.0. The molecule has 0 saturated heterocycles. The van der Waals surface area contributed by atoms with Crippen LogP contribution in [0.3, 0.4) is 0 Å². The standard InChI is InChI=1S/C34H37NO3/c1-3-20-34(21-4-2)29-17-11-10-16-27(29)28-19-18-26(23-30(28)34)32(36)31(22-24-12-8-9-13-24)35-38-33(37)25-14-6-5-7-15-25/h5-7,10-11,14-19,23-24H,3-4,8-9,12-13,20-22H2,1-2H3/b35-31+. The number of rotatable bonds is 10. The first kappa shape index (κ1) is 26.1. The highest BCUT2D eigenvalue weighted by Crippen LogP contribution is 2.53. The highest BCUT2D eigenvalue weighted by Gasteiger charge is 2.42. The second kappa shape index (κ2) is 11.5. The van der Waals surface area contributed by atoms with Crippen LogP contribution in [-0.4, -0.2) is 17.5 Å². The fourth-order valence-electron chi connectivity index (χ4n) is 6.66. The van der Waals surface area contributed by atoms with Crippen molar-refractivity contribution >= 4 is 17.5 Å². The van der Waals surface area contributed by atoms with Gasteiger partial charge in [-0.05, 0) is 65.6 Å². The maximum Gasteiger partial charge on any atom is 0.365 e. The molecular weight excluding hydrogens is 470 g/mol. The number of fused-ring (bicyclic) bond motifs is 3. The summed E-state index contributed by atoms with van der Waals surface area (Å²) in [4.78, 5) is 31.9. The normalized spacial score (nSPS) is 16.2. The lowest BCUT2D eigenvalue weighted by Gasteiger charge is -2.32. The van der Waals surface area contributed by atoms with Crippen molar-refractivity contribution < 1.29 is 14.4 Å². The van der Waals surface area contributed by atoms with E-state index in [2.05, 4.69) is 55.4 Å². The van der Waals surface area contributed by atoms with E-state index in [0.29, 0.717) is 29.2 Å². The van der Waals surface area contributed by atoms with E-state index in [0.717, 1.165) is 38.5 Å². The van der Waals surface area contributed by atoms with E-state index in [4.69, 9.17) is 4.84 Å². The van der Waals surface area contributed by atoms with Crippen LogP contribution in [0.2, 0.25) is 0 Å². The minimum atomic E-state index is -0.545. The van der Waals surface area contributed by atoms with Crippen LogP contribution in [0.25, 0.3) is 11.1 Å². The Morgan fingerprint density at radius 3 is 2.18 bits per heavy atom.